The van der Waals surface area contributed by atoms with Gasteiger partial charge in [0, 0.05) is 12.4 Å². The smallest absolute Gasteiger partial charge is 0.125 e. The number of rotatable bonds is 1. The van der Waals surface area contributed by atoms with Crippen LogP contribution in [0.5, 0.6) is 0 Å². The van der Waals surface area contributed by atoms with Gasteiger partial charge in [0.15, 0.2) is 0 Å². The molecule has 0 fully saturated rings. The van der Waals surface area contributed by atoms with Crippen LogP contribution in [-0.4, -0.2) is 9.97 Å². The Bertz CT molecular complexity index is 269. The van der Waals surface area contributed by atoms with Crippen LogP contribution in [0.3, 0.4) is 0 Å². The van der Waals surface area contributed by atoms with E-state index < -0.39 is 0 Å². The Morgan fingerprint density at radius 3 is 2.00 bits per heavy atom. The van der Waals surface area contributed by atoms with Gasteiger partial charge in [-0.2, -0.15) is 0 Å². The molecule has 1 unspecified atom stereocenters. The Morgan fingerprint density at radius 1 is 1.15 bits per heavy atom. The third-order valence-corrected chi connectivity index (χ3v) is 2.60. The topological polar surface area (TPSA) is 25.8 Å². The quantitative estimate of drug-likeness (QED) is 0.660. The molecule has 0 saturated carbocycles. The molecule has 0 aliphatic carbocycles. The summed E-state index contributed by atoms with van der Waals surface area (Å²) in [6, 6.07) is 0. The highest BCUT2D eigenvalue weighted by Crippen LogP contribution is 2.33. The first kappa shape index (κ1) is 10.2. The summed E-state index contributed by atoms with van der Waals surface area (Å²) >= 11 is 0. The van der Waals surface area contributed by atoms with E-state index in [0.29, 0.717) is 5.92 Å². The summed E-state index contributed by atoms with van der Waals surface area (Å²) < 4.78 is 0. The maximum Gasteiger partial charge on any atom is 0.125 e. The first-order valence-corrected chi connectivity index (χ1v) is 4.70. The van der Waals surface area contributed by atoms with Crippen LogP contribution in [-0.2, 0) is 0 Å². The zero-order valence-corrected chi connectivity index (χ0v) is 9.13. The second-order valence-electron chi connectivity index (χ2n) is 4.65. The van der Waals surface area contributed by atoms with Crippen LogP contribution in [0.4, 0.5) is 0 Å². The Kier molecular flexibility index (Phi) is 2.69. The monoisotopic (exact) mass is 178 g/mol. The van der Waals surface area contributed by atoms with Gasteiger partial charge in [0.1, 0.15) is 5.82 Å². The molecule has 1 aromatic heterocycles. The van der Waals surface area contributed by atoms with Crippen LogP contribution < -0.4 is 0 Å². The summed E-state index contributed by atoms with van der Waals surface area (Å²) in [6.45, 7) is 10.8. The summed E-state index contributed by atoms with van der Waals surface area (Å²) in [4.78, 5) is 8.41. The van der Waals surface area contributed by atoms with E-state index >= 15 is 0 Å². The van der Waals surface area contributed by atoms with Crippen LogP contribution >= 0.6 is 0 Å². The van der Waals surface area contributed by atoms with Gasteiger partial charge in [0.05, 0.1) is 0 Å². The van der Waals surface area contributed by atoms with Crippen molar-refractivity contribution in [3.05, 3.63) is 23.8 Å². The highest BCUT2D eigenvalue weighted by Gasteiger charge is 2.21. The SMILES string of the molecule is Cc1ncc(C(C)C(C)(C)C)cn1. The zero-order chi connectivity index (χ0) is 10.1. The molecule has 13 heavy (non-hydrogen) atoms. The van der Waals surface area contributed by atoms with Crippen LogP contribution in [0.25, 0.3) is 0 Å². The van der Waals surface area contributed by atoms with Crippen molar-refractivity contribution in [2.75, 3.05) is 0 Å². The van der Waals surface area contributed by atoms with Gasteiger partial charge in [0.25, 0.3) is 0 Å². The molecule has 72 valence electrons. The summed E-state index contributed by atoms with van der Waals surface area (Å²) in [6.07, 6.45) is 3.86. The molecule has 0 aromatic carbocycles. The second kappa shape index (κ2) is 3.44. The molecule has 2 heteroatoms. The molecule has 0 spiro atoms. The standard InChI is InChI=1S/C11H18N2/c1-8(11(3,4)5)10-6-12-9(2)13-7-10/h6-8H,1-5H3. The molecule has 0 radical (unpaired) electrons. The fraction of sp³-hybridized carbons (Fsp3) is 0.636. The molecular formula is C11H18N2. The predicted molar refractivity (Wildman–Crippen MR) is 54.6 cm³/mol. The van der Waals surface area contributed by atoms with Gasteiger partial charge in [0.2, 0.25) is 0 Å². The van der Waals surface area contributed by atoms with Crippen LogP contribution in [0.1, 0.15) is 45.0 Å². The highest BCUT2D eigenvalue weighted by atomic mass is 14.8. The fourth-order valence-electron chi connectivity index (χ4n) is 1.13. The average molecular weight is 178 g/mol. The van der Waals surface area contributed by atoms with Crippen molar-refractivity contribution < 1.29 is 0 Å². The summed E-state index contributed by atoms with van der Waals surface area (Å²) in [5.41, 5.74) is 1.50. The van der Waals surface area contributed by atoms with Gasteiger partial charge in [-0.05, 0) is 23.8 Å². The van der Waals surface area contributed by atoms with E-state index in [9.17, 15) is 0 Å². The molecule has 0 bridgehead atoms. The van der Waals surface area contributed by atoms with Crippen LogP contribution in [0, 0.1) is 12.3 Å². The lowest BCUT2D eigenvalue weighted by Gasteiger charge is -2.26. The Hall–Kier alpha value is -0.920. The highest BCUT2D eigenvalue weighted by molar-refractivity contribution is 5.13. The summed E-state index contributed by atoms with van der Waals surface area (Å²) in [7, 11) is 0. The minimum atomic E-state index is 0.276. The zero-order valence-electron chi connectivity index (χ0n) is 9.13. The predicted octanol–water partition coefficient (Wildman–Crippen LogP) is 2.93. The van der Waals surface area contributed by atoms with E-state index in [1.54, 1.807) is 0 Å². The number of nitrogens with zero attached hydrogens (tertiary/aromatic N) is 2. The van der Waals surface area contributed by atoms with Gasteiger partial charge in [-0.1, -0.05) is 27.7 Å². The normalized spacial score (nSPS) is 14.2. The maximum absolute atomic E-state index is 4.20. The largest absolute Gasteiger partial charge is 0.241 e. The van der Waals surface area contributed by atoms with Crippen molar-refractivity contribution in [3.63, 3.8) is 0 Å². The van der Waals surface area contributed by atoms with Gasteiger partial charge in [-0.15, -0.1) is 0 Å². The molecule has 1 aromatic rings. The maximum atomic E-state index is 4.20. The van der Waals surface area contributed by atoms with Crippen molar-refractivity contribution in [2.45, 2.75) is 40.5 Å². The Labute approximate surface area is 80.4 Å². The van der Waals surface area contributed by atoms with Crippen molar-refractivity contribution in [2.24, 2.45) is 5.41 Å². The second-order valence-corrected chi connectivity index (χ2v) is 4.65. The number of aryl methyl sites for hydroxylation is 1. The summed E-state index contributed by atoms with van der Waals surface area (Å²) in [5, 5.41) is 0. The van der Waals surface area contributed by atoms with E-state index in [1.807, 2.05) is 19.3 Å². The number of hydrogen-bond acceptors (Lipinski definition) is 2. The molecule has 2 nitrogen and oxygen atoms in total. The van der Waals surface area contributed by atoms with E-state index in [1.165, 1.54) is 5.56 Å². The first-order valence-electron chi connectivity index (χ1n) is 4.70. The number of aromatic nitrogens is 2. The van der Waals surface area contributed by atoms with Gasteiger partial charge in [-0.3, -0.25) is 0 Å². The van der Waals surface area contributed by atoms with Gasteiger partial charge < -0.3 is 0 Å². The lowest BCUT2D eigenvalue weighted by Crippen LogP contribution is -2.15. The van der Waals surface area contributed by atoms with Crippen molar-refractivity contribution in [3.8, 4) is 0 Å². The van der Waals surface area contributed by atoms with E-state index in [0.717, 1.165) is 5.82 Å². The lowest BCUT2D eigenvalue weighted by molar-refractivity contribution is 0.338. The molecule has 0 amide bonds. The first-order chi connectivity index (χ1) is 5.91. The molecule has 0 N–H and O–H groups in total. The fourth-order valence-corrected chi connectivity index (χ4v) is 1.13. The average Bonchev–Trinajstić information content (AvgIpc) is 2.03. The molecule has 0 aliphatic heterocycles. The van der Waals surface area contributed by atoms with Gasteiger partial charge >= 0.3 is 0 Å². The minimum Gasteiger partial charge on any atom is -0.241 e. The van der Waals surface area contributed by atoms with E-state index in [2.05, 4.69) is 37.7 Å². The Balaban J connectivity index is 2.90. The molecular weight excluding hydrogens is 160 g/mol. The van der Waals surface area contributed by atoms with Crippen LogP contribution in [0.15, 0.2) is 12.4 Å². The lowest BCUT2D eigenvalue weighted by atomic mass is 9.79. The van der Waals surface area contributed by atoms with Crippen molar-refractivity contribution in [1.29, 1.82) is 0 Å². The third kappa shape index (κ3) is 2.51. The third-order valence-electron chi connectivity index (χ3n) is 2.60. The Morgan fingerprint density at radius 2 is 1.62 bits per heavy atom. The van der Waals surface area contributed by atoms with Crippen LogP contribution in [0.2, 0.25) is 0 Å². The minimum absolute atomic E-state index is 0.276. The molecule has 1 atom stereocenters. The molecule has 0 saturated heterocycles. The molecule has 1 heterocycles. The van der Waals surface area contributed by atoms with E-state index in [4.69, 9.17) is 0 Å². The molecule has 1 rings (SSSR count). The number of hydrogen-bond donors (Lipinski definition) is 0. The van der Waals surface area contributed by atoms with E-state index in [-0.39, 0.29) is 5.41 Å². The van der Waals surface area contributed by atoms with Gasteiger partial charge in [-0.25, -0.2) is 9.97 Å². The summed E-state index contributed by atoms with van der Waals surface area (Å²) in [5.74, 6) is 1.33. The van der Waals surface area contributed by atoms with Crippen molar-refractivity contribution in [1.82, 2.24) is 9.97 Å². The molecule has 0 aliphatic rings. The van der Waals surface area contributed by atoms with Crippen molar-refractivity contribution >= 4 is 0 Å².